The van der Waals surface area contributed by atoms with Crippen molar-refractivity contribution >= 4 is 65.1 Å². The smallest absolute Gasteiger partial charge is 0.294 e. The highest BCUT2D eigenvalue weighted by Crippen LogP contribution is 2.41. The second-order valence-electron chi connectivity index (χ2n) is 6.67. The summed E-state index contributed by atoms with van der Waals surface area (Å²) in [6.07, 6.45) is 0. The van der Waals surface area contributed by atoms with Gasteiger partial charge < -0.3 is 10.6 Å². The summed E-state index contributed by atoms with van der Waals surface area (Å²) in [5.41, 5.74) is 4.07. The molecule has 1 aromatic heterocycles. The van der Waals surface area contributed by atoms with Crippen LogP contribution in [-0.2, 0) is 20.2 Å². The maximum absolute atomic E-state index is 11.4. The molecule has 0 spiro atoms. The third kappa shape index (κ3) is 3.11. The minimum Gasteiger partial charge on any atom is -0.352 e. The molecular formula is C18H12N4O6S2. The van der Waals surface area contributed by atoms with Crippen LogP contribution in [0.15, 0.2) is 58.3 Å². The molecule has 0 aliphatic carbocycles. The van der Waals surface area contributed by atoms with Gasteiger partial charge in [-0.15, -0.1) is 0 Å². The largest absolute Gasteiger partial charge is 0.352 e. The molecule has 3 aromatic carbocycles. The van der Waals surface area contributed by atoms with Crippen molar-refractivity contribution in [2.45, 2.75) is 9.79 Å². The van der Waals surface area contributed by atoms with Crippen LogP contribution >= 0.6 is 0 Å². The van der Waals surface area contributed by atoms with E-state index < -0.39 is 20.2 Å². The van der Waals surface area contributed by atoms with Crippen molar-refractivity contribution in [2.24, 2.45) is 0 Å². The normalized spacial score (nSPS) is 13.4. The molecule has 1 aliphatic heterocycles. The van der Waals surface area contributed by atoms with E-state index in [0.717, 1.165) is 0 Å². The fourth-order valence-electron chi connectivity index (χ4n) is 3.26. The van der Waals surface area contributed by atoms with Crippen molar-refractivity contribution < 1.29 is 25.9 Å². The summed E-state index contributed by atoms with van der Waals surface area (Å²) in [6, 6.07) is 11.5. The van der Waals surface area contributed by atoms with Gasteiger partial charge in [0.05, 0.1) is 54.6 Å². The summed E-state index contributed by atoms with van der Waals surface area (Å²) in [7, 11) is -8.70. The minimum absolute atomic E-state index is 0.236. The molecule has 0 bridgehead atoms. The Balaban J connectivity index is 1.64. The maximum Gasteiger partial charge on any atom is 0.294 e. The first-order valence-corrected chi connectivity index (χ1v) is 11.3. The molecule has 4 N–H and O–H groups in total. The first-order valence-electron chi connectivity index (χ1n) is 8.47. The van der Waals surface area contributed by atoms with Gasteiger partial charge in [0.15, 0.2) is 0 Å². The monoisotopic (exact) mass is 444 g/mol. The predicted molar refractivity (Wildman–Crippen MR) is 110 cm³/mol. The molecule has 152 valence electrons. The van der Waals surface area contributed by atoms with Crippen molar-refractivity contribution in [2.75, 3.05) is 10.6 Å². The zero-order chi connectivity index (χ0) is 21.3. The quantitative estimate of drug-likeness (QED) is 0.235. The molecule has 0 radical (unpaired) electrons. The Morgan fingerprint density at radius 3 is 1.67 bits per heavy atom. The van der Waals surface area contributed by atoms with E-state index >= 15 is 0 Å². The van der Waals surface area contributed by atoms with Gasteiger partial charge in [0.1, 0.15) is 0 Å². The number of rotatable bonds is 2. The summed E-state index contributed by atoms with van der Waals surface area (Å²) in [5.74, 6) is 0. The molecule has 0 unspecified atom stereocenters. The van der Waals surface area contributed by atoms with Crippen molar-refractivity contribution in [3.05, 3.63) is 48.5 Å². The van der Waals surface area contributed by atoms with Crippen molar-refractivity contribution in [1.29, 1.82) is 0 Å². The molecule has 4 aromatic rings. The van der Waals surface area contributed by atoms with Gasteiger partial charge in [-0.25, -0.2) is 9.97 Å². The highest BCUT2D eigenvalue weighted by molar-refractivity contribution is 7.86. The molecule has 10 nitrogen and oxygen atoms in total. The van der Waals surface area contributed by atoms with E-state index in [1.54, 1.807) is 12.1 Å². The molecule has 0 atom stereocenters. The Morgan fingerprint density at radius 1 is 0.567 bits per heavy atom. The average molecular weight is 444 g/mol. The molecule has 5 rings (SSSR count). The van der Waals surface area contributed by atoms with Crippen LogP contribution in [0.5, 0.6) is 0 Å². The fourth-order valence-corrected chi connectivity index (χ4v) is 4.26. The van der Waals surface area contributed by atoms with Gasteiger partial charge >= 0.3 is 0 Å². The van der Waals surface area contributed by atoms with E-state index in [4.69, 9.17) is 0 Å². The van der Waals surface area contributed by atoms with Crippen LogP contribution in [0.3, 0.4) is 0 Å². The summed E-state index contributed by atoms with van der Waals surface area (Å²) >= 11 is 0. The number of fused-ring (bicyclic) bond motifs is 4. The van der Waals surface area contributed by atoms with Crippen LogP contribution in [0, 0.1) is 0 Å². The number of hydrogen-bond donors (Lipinski definition) is 4. The topological polar surface area (TPSA) is 159 Å². The predicted octanol–water partition coefficient (Wildman–Crippen LogP) is 3.08. The van der Waals surface area contributed by atoms with Crippen LogP contribution in [0.1, 0.15) is 0 Å². The van der Waals surface area contributed by atoms with E-state index in [2.05, 4.69) is 20.6 Å². The number of nitrogens with one attached hydrogen (secondary N) is 2. The zero-order valence-corrected chi connectivity index (χ0v) is 16.5. The number of anilines is 4. The highest BCUT2D eigenvalue weighted by atomic mass is 32.2. The van der Waals surface area contributed by atoms with E-state index in [0.29, 0.717) is 44.8 Å². The van der Waals surface area contributed by atoms with E-state index in [1.807, 2.05) is 0 Å². The maximum atomic E-state index is 11.4. The first-order chi connectivity index (χ1) is 14.1. The Labute approximate surface area is 170 Å². The second-order valence-corrected chi connectivity index (χ2v) is 9.51. The van der Waals surface area contributed by atoms with Crippen LogP contribution in [0.4, 0.5) is 22.7 Å². The lowest BCUT2D eigenvalue weighted by Gasteiger charge is -2.23. The van der Waals surface area contributed by atoms with Gasteiger partial charge in [0.25, 0.3) is 20.2 Å². The number of hydrogen-bond acceptors (Lipinski definition) is 8. The standard InChI is InChI=1S/C18H12N4O6S2/c23-29(24,25)9-1-3-11-13(5-9)21-17-8-16-18(7-15(17)19-11)22-14-6-10(30(26,27)28)2-4-12(14)20-16/h1-8,19,21H,(H,23,24,25)(H,26,27,28). The van der Waals surface area contributed by atoms with E-state index in [1.165, 1.54) is 36.4 Å². The van der Waals surface area contributed by atoms with Crippen LogP contribution in [0.25, 0.3) is 22.1 Å². The Hall–Kier alpha value is -3.32. The Bertz CT molecular complexity index is 1600. The number of nitrogens with zero attached hydrogens (tertiary/aromatic N) is 2. The van der Waals surface area contributed by atoms with Crippen LogP contribution < -0.4 is 10.6 Å². The second kappa shape index (κ2) is 6.09. The number of aromatic nitrogens is 2. The lowest BCUT2D eigenvalue weighted by Crippen LogP contribution is -2.08. The summed E-state index contributed by atoms with van der Waals surface area (Å²) in [4.78, 5) is 8.41. The molecular weight excluding hydrogens is 432 g/mol. The van der Waals surface area contributed by atoms with Gasteiger partial charge in [-0.2, -0.15) is 16.8 Å². The first kappa shape index (κ1) is 18.7. The molecule has 0 saturated heterocycles. The van der Waals surface area contributed by atoms with Gasteiger partial charge in [-0.1, -0.05) is 0 Å². The van der Waals surface area contributed by atoms with Gasteiger partial charge in [0.2, 0.25) is 0 Å². The minimum atomic E-state index is -4.36. The van der Waals surface area contributed by atoms with Crippen molar-refractivity contribution in [3.63, 3.8) is 0 Å². The van der Waals surface area contributed by atoms with Crippen molar-refractivity contribution in [3.8, 4) is 0 Å². The fraction of sp³-hybridized carbons (Fsp3) is 0. The van der Waals surface area contributed by atoms with Gasteiger partial charge in [0, 0.05) is 0 Å². The Morgan fingerprint density at radius 2 is 1.03 bits per heavy atom. The third-order valence-corrected chi connectivity index (χ3v) is 6.37. The lowest BCUT2D eigenvalue weighted by atomic mass is 10.1. The molecule has 0 fully saturated rings. The van der Waals surface area contributed by atoms with Crippen LogP contribution in [-0.4, -0.2) is 35.9 Å². The third-order valence-electron chi connectivity index (χ3n) is 4.67. The summed E-state index contributed by atoms with van der Waals surface area (Å²) < 4.78 is 64.0. The lowest BCUT2D eigenvalue weighted by molar-refractivity contribution is 0.481. The van der Waals surface area contributed by atoms with Crippen molar-refractivity contribution in [1.82, 2.24) is 9.97 Å². The zero-order valence-electron chi connectivity index (χ0n) is 14.9. The molecule has 12 heteroatoms. The SMILES string of the molecule is O=S(=O)(O)c1ccc2c(c1)Nc1cc3nc4ccc(S(=O)(=O)O)cc4nc3cc1N2. The summed E-state index contributed by atoms with van der Waals surface area (Å²) in [5, 5.41) is 6.26. The summed E-state index contributed by atoms with van der Waals surface area (Å²) in [6.45, 7) is 0. The molecule has 2 heterocycles. The molecule has 0 saturated carbocycles. The molecule has 1 aliphatic rings. The molecule has 0 amide bonds. The van der Waals surface area contributed by atoms with E-state index in [9.17, 15) is 25.9 Å². The highest BCUT2D eigenvalue weighted by Gasteiger charge is 2.20. The average Bonchev–Trinajstić information content (AvgIpc) is 2.66. The Kier molecular flexibility index (Phi) is 3.79. The molecule has 30 heavy (non-hydrogen) atoms. The van der Waals surface area contributed by atoms with Crippen LogP contribution in [0.2, 0.25) is 0 Å². The number of benzene rings is 3. The van der Waals surface area contributed by atoms with E-state index in [-0.39, 0.29) is 9.79 Å². The van der Waals surface area contributed by atoms with Gasteiger partial charge in [-0.05, 0) is 48.5 Å². The van der Waals surface area contributed by atoms with Gasteiger partial charge in [-0.3, -0.25) is 9.11 Å².